The van der Waals surface area contributed by atoms with Crippen LogP contribution in [0.2, 0.25) is 0 Å². The highest BCUT2D eigenvalue weighted by Gasteiger charge is 2.44. The van der Waals surface area contributed by atoms with Crippen molar-refractivity contribution in [1.82, 2.24) is 14.7 Å². The lowest BCUT2D eigenvalue weighted by atomic mass is 9.88. The molecule has 1 aliphatic carbocycles. The predicted molar refractivity (Wildman–Crippen MR) is 98.1 cm³/mol. The van der Waals surface area contributed by atoms with Crippen LogP contribution in [0.4, 0.5) is 10.6 Å². The van der Waals surface area contributed by atoms with Gasteiger partial charge in [0.2, 0.25) is 0 Å². The molecule has 0 unspecified atom stereocenters. The summed E-state index contributed by atoms with van der Waals surface area (Å²) >= 11 is 0. The smallest absolute Gasteiger partial charge is 0.410 e. The first-order chi connectivity index (χ1) is 12.7. The van der Waals surface area contributed by atoms with Gasteiger partial charge in [0.1, 0.15) is 12.4 Å². The van der Waals surface area contributed by atoms with Gasteiger partial charge in [-0.3, -0.25) is 0 Å². The monoisotopic (exact) mass is 352 g/mol. The van der Waals surface area contributed by atoms with Gasteiger partial charge in [-0.15, -0.1) is 0 Å². The van der Waals surface area contributed by atoms with E-state index in [4.69, 9.17) is 9.84 Å². The van der Waals surface area contributed by atoms with E-state index in [-0.39, 0.29) is 11.6 Å². The standard InChI is InChI=1S/C20H24N4O2/c25-19(26-13-15-4-2-1-3-5-15)23-10-8-20(9-11-23)14-21-18-12-17(16-6-7-16)22-24(18)20/h1-5,12,16,21H,6-11,13-14H2. The van der Waals surface area contributed by atoms with E-state index in [1.165, 1.54) is 18.5 Å². The fourth-order valence-corrected chi connectivity index (χ4v) is 4.10. The van der Waals surface area contributed by atoms with E-state index in [0.717, 1.165) is 30.8 Å². The predicted octanol–water partition coefficient (Wildman–Crippen LogP) is 3.31. The Hall–Kier alpha value is -2.50. The highest BCUT2D eigenvalue weighted by atomic mass is 16.6. The van der Waals surface area contributed by atoms with Crippen LogP contribution in [0.5, 0.6) is 0 Å². The van der Waals surface area contributed by atoms with E-state index in [9.17, 15) is 4.79 Å². The van der Waals surface area contributed by atoms with Crippen LogP contribution < -0.4 is 5.32 Å². The van der Waals surface area contributed by atoms with Gasteiger partial charge in [0.15, 0.2) is 0 Å². The van der Waals surface area contributed by atoms with Crippen molar-refractivity contribution in [1.29, 1.82) is 0 Å². The summed E-state index contributed by atoms with van der Waals surface area (Å²) in [6.07, 6.45) is 4.15. The molecule has 5 rings (SSSR count). The number of piperidine rings is 1. The van der Waals surface area contributed by atoms with Crippen LogP contribution in [0.3, 0.4) is 0 Å². The van der Waals surface area contributed by atoms with Crippen LogP contribution >= 0.6 is 0 Å². The molecule has 6 heteroatoms. The summed E-state index contributed by atoms with van der Waals surface area (Å²) in [5, 5.41) is 8.42. The molecule has 0 bridgehead atoms. The zero-order valence-electron chi connectivity index (χ0n) is 14.9. The molecule has 0 atom stereocenters. The van der Waals surface area contributed by atoms with Crippen molar-refractivity contribution in [2.45, 2.75) is 43.7 Å². The van der Waals surface area contributed by atoms with Gasteiger partial charge in [-0.25, -0.2) is 9.48 Å². The van der Waals surface area contributed by atoms with Crippen molar-refractivity contribution < 1.29 is 9.53 Å². The Bertz CT molecular complexity index is 804. The number of anilines is 1. The molecule has 3 heterocycles. The molecule has 1 saturated heterocycles. The van der Waals surface area contributed by atoms with Gasteiger partial charge in [0, 0.05) is 31.6 Å². The lowest BCUT2D eigenvalue weighted by molar-refractivity contribution is 0.0672. The molecule has 1 spiro atoms. The van der Waals surface area contributed by atoms with Crippen molar-refractivity contribution >= 4 is 11.9 Å². The van der Waals surface area contributed by atoms with E-state index >= 15 is 0 Å². The number of rotatable bonds is 3. The second-order valence-corrected chi connectivity index (χ2v) is 7.75. The van der Waals surface area contributed by atoms with Gasteiger partial charge in [0.05, 0.1) is 11.2 Å². The number of hydrogen-bond donors (Lipinski definition) is 1. The Labute approximate surface area is 153 Å². The number of ether oxygens (including phenoxy) is 1. The van der Waals surface area contributed by atoms with Crippen LogP contribution in [0.15, 0.2) is 36.4 Å². The number of likely N-dealkylation sites (tertiary alicyclic amines) is 1. The van der Waals surface area contributed by atoms with E-state index in [1.807, 2.05) is 35.2 Å². The largest absolute Gasteiger partial charge is 0.445 e. The number of aromatic nitrogens is 2. The fourth-order valence-electron chi connectivity index (χ4n) is 4.10. The highest BCUT2D eigenvalue weighted by molar-refractivity contribution is 5.67. The quantitative estimate of drug-likeness (QED) is 0.921. The van der Waals surface area contributed by atoms with Gasteiger partial charge in [-0.1, -0.05) is 30.3 Å². The molecule has 26 heavy (non-hydrogen) atoms. The molecule has 1 aromatic carbocycles. The maximum Gasteiger partial charge on any atom is 0.410 e. The summed E-state index contributed by atoms with van der Waals surface area (Å²) in [5.41, 5.74) is 2.26. The Kier molecular flexibility index (Phi) is 3.65. The number of nitrogens with one attached hydrogen (secondary N) is 1. The van der Waals surface area contributed by atoms with Crippen molar-refractivity contribution in [2.75, 3.05) is 25.0 Å². The molecule has 1 N–H and O–H groups in total. The second-order valence-electron chi connectivity index (χ2n) is 7.75. The molecule has 2 fully saturated rings. The normalized spacial score (nSPS) is 20.7. The van der Waals surface area contributed by atoms with E-state index in [0.29, 0.717) is 25.6 Å². The first kappa shape index (κ1) is 15.7. The topological polar surface area (TPSA) is 59.4 Å². The van der Waals surface area contributed by atoms with Crippen LogP contribution in [0, 0.1) is 0 Å². The van der Waals surface area contributed by atoms with E-state index < -0.39 is 0 Å². The van der Waals surface area contributed by atoms with Gasteiger partial charge in [0.25, 0.3) is 0 Å². The van der Waals surface area contributed by atoms with Crippen molar-refractivity contribution in [2.24, 2.45) is 0 Å². The molecule has 2 aliphatic heterocycles. The molecule has 2 aromatic rings. The van der Waals surface area contributed by atoms with Crippen molar-refractivity contribution in [3.8, 4) is 0 Å². The van der Waals surface area contributed by atoms with Crippen LogP contribution in [0.1, 0.15) is 42.9 Å². The maximum atomic E-state index is 12.4. The van der Waals surface area contributed by atoms with E-state index in [2.05, 4.69) is 16.1 Å². The zero-order valence-corrected chi connectivity index (χ0v) is 14.9. The third-order valence-corrected chi connectivity index (χ3v) is 5.93. The molecule has 0 radical (unpaired) electrons. The highest BCUT2D eigenvalue weighted by Crippen LogP contribution is 2.44. The summed E-state index contributed by atoms with van der Waals surface area (Å²) < 4.78 is 7.68. The second kappa shape index (κ2) is 6.04. The number of nitrogens with zero attached hydrogens (tertiary/aromatic N) is 3. The number of hydrogen-bond acceptors (Lipinski definition) is 4. The summed E-state index contributed by atoms with van der Waals surface area (Å²) in [7, 11) is 0. The molecule has 6 nitrogen and oxygen atoms in total. The van der Waals surface area contributed by atoms with E-state index in [1.54, 1.807) is 0 Å². The third kappa shape index (κ3) is 2.73. The average Bonchev–Trinajstić information content (AvgIpc) is 3.37. The van der Waals surface area contributed by atoms with Crippen molar-refractivity contribution in [3.63, 3.8) is 0 Å². The zero-order chi connectivity index (χ0) is 17.6. The lowest BCUT2D eigenvalue weighted by Crippen LogP contribution is -2.49. The summed E-state index contributed by atoms with van der Waals surface area (Å²) in [6.45, 7) is 2.67. The molecule has 136 valence electrons. The molecular weight excluding hydrogens is 328 g/mol. The Morgan fingerprint density at radius 3 is 2.73 bits per heavy atom. The number of fused-ring (bicyclic) bond motifs is 2. The van der Waals surface area contributed by atoms with Crippen LogP contribution in [-0.4, -0.2) is 40.4 Å². The van der Waals surface area contributed by atoms with Crippen molar-refractivity contribution in [3.05, 3.63) is 47.7 Å². The minimum Gasteiger partial charge on any atom is -0.445 e. The first-order valence-electron chi connectivity index (χ1n) is 9.53. The minimum atomic E-state index is -0.214. The maximum absolute atomic E-state index is 12.4. The fraction of sp³-hybridized carbons (Fsp3) is 0.500. The minimum absolute atomic E-state index is 0.0126. The SMILES string of the molecule is O=C(OCc1ccccc1)N1CCC2(CC1)CNc1cc(C3CC3)nn12. The molecule has 3 aliphatic rings. The van der Waals surface area contributed by atoms with Crippen LogP contribution in [0.25, 0.3) is 0 Å². The van der Waals surface area contributed by atoms with Crippen LogP contribution in [-0.2, 0) is 16.9 Å². The number of carbonyl (C=O) groups is 1. The lowest BCUT2D eigenvalue weighted by Gasteiger charge is -2.38. The summed E-state index contributed by atoms with van der Waals surface area (Å²) in [5.74, 6) is 1.81. The molecule has 1 aromatic heterocycles. The molecular formula is C20H24N4O2. The Balaban J connectivity index is 1.21. The molecule has 1 saturated carbocycles. The third-order valence-electron chi connectivity index (χ3n) is 5.93. The molecule has 1 amide bonds. The summed E-state index contributed by atoms with van der Waals surface area (Å²) in [6, 6.07) is 12.0. The Morgan fingerprint density at radius 2 is 2.00 bits per heavy atom. The van der Waals surface area contributed by atoms with Gasteiger partial charge < -0.3 is 15.0 Å². The number of amides is 1. The number of benzene rings is 1. The first-order valence-corrected chi connectivity index (χ1v) is 9.53. The van der Waals surface area contributed by atoms with Gasteiger partial charge in [-0.05, 0) is 31.2 Å². The van der Waals surface area contributed by atoms with Gasteiger partial charge in [-0.2, -0.15) is 5.10 Å². The Morgan fingerprint density at radius 1 is 1.23 bits per heavy atom. The number of carbonyl (C=O) groups excluding carboxylic acids is 1. The summed E-state index contributed by atoms with van der Waals surface area (Å²) in [4.78, 5) is 14.2. The van der Waals surface area contributed by atoms with Gasteiger partial charge >= 0.3 is 6.09 Å². The average molecular weight is 352 g/mol.